The lowest BCUT2D eigenvalue weighted by atomic mass is 9.75. The number of likely N-dealkylation sites (tertiary alicyclic amines) is 1. The van der Waals surface area contributed by atoms with Crippen LogP contribution in [-0.2, 0) is 4.79 Å². The van der Waals surface area contributed by atoms with E-state index in [0.29, 0.717) is 24.8 Å². The van der Waals surface area contributed by atoms with Crippen molar-refractivity contribution < 1.29 is 14.3 Å². The van der Waals surface area contributed by atoms with Crippen molar-refractivity contribution in [1.29, 1.82) is 0 Å². The second kappa shape index (κ2) is 7.86. The summed E-state index contributed by atoms with van der Waals surface area (Å²) in [6.07, 6.45) is 6.76. The van der Waals surface area contributed by atoms with E-state index in [0.717, 1.165) is 41.4 Å². The molecule has 28 heavy (non-hydrogen) atoms. The van der Waals surface area contributed by atoms with Gasteiger partial charge in [-0.25, -0.2) is 4.39 Å². The van der Waals surface area contributed by atoms with Gasteiger partial charge in [-0.1, -0.05) is 19.8 Å². The number of hydrogen-bond acceptors (Lipinski definition) is 2. The molecule has 1 saturated heterocycles. The first-order valence-electron chi connectivity index (χ1n) is 10.7. The molecule has 2 aliphatic rings. The number of halogens is 1. The van der Waals surface area contributed by atoms with Gasteiger partial charge in [-0.15, -0.1) is 0 Å². The van der Waals surface area contributed by atoms with Crippen LogP contribution < -0.4 is 0 Å². The van der Waals surface area contributed by atoms with Crippen molar-refractivity contribution in [3.05, 3.63) is 35.3 Å². The maximum Gasteiger partial charge on any atom is 0.223 e. The van der Waals surface area contributed by atoms with E-state index in [4.69, 9.17) is 0 Å². The van der Waals surface area contributed by atoms with Gasteiger partial charge in [-0.3, -0.25) is 4.79 Å². The zero-order chi connectivity index (χ0) is 19.8. The molecule has 1 saturated carbocycles. The van der Waals surface area contributed by atoms with Gasteiger partial charge in [-0.2, -0.15) is 0 Å². The van der Waals surface area contributed by atoms with Gasteiger partial charge in [-0.05, 0) is 68.2 Å². The predicted molar refractivity (Wildman–Crippen MR) is 109 cm³/mol. The third kappa shape index (κ3) is 3.57. The van der Waals surface area contributed by atoms with Crippen LogP contribution in [0.3, 0.4) is 0 Å². The maximum absolute atomic E-state index is 13.8. The third-order valence-corrected chi connectivity index (χ3v) is 6.87. The molecule has 4 unspecified atom stereocenters. The minimum Gasteiger partial charge on any atom is -0.396 e. The Morgan fingerprint density at radius 2 is 2.18 bits per heavy atom. The van der Waals surface area contributed by atoms with Crippen molar-refractivity contribution in [2.24, 2.45) is 5.92 Å². The number of benzene rings is 1. The van der Waals surface area contributed by atoms with Crippen LogP contribution >= 0.6 is 0 Å². The monoisotopic (exact) mass is 386 g/mol. The summed E-state index contributed by atoms with van der Waals surface area (Å²) < 4.78 is 13.8. The molecule has 1 amide bonds. The van der Waals surface area contributed by atoms with Crippen LogP contribution in [0.1, 0.15) is 69.0 Å². The molecule has 2 aromatic rings. The number of aryl methyl sites for hydroxylation is 1. The molecule has 4 nitrogen and oxygen atoms in total. The molecule has 4 atom stereocenters. The second-order valence-electron chi connectivity index (χ2n) is 8.85. The Kier molecular flexibility index (Phi) is 5.46. The molecule has 1 aliphatic heterocycles. The van der Waals surface area contributed by atoms with Crippen molar-refractivity contribution >= 4 is 16.8 Å². The van der Waals surface area contributed by atoms with Crippen molar-refractivity contribution in [3.63, 3.8) is 0 Å². The van der Waals surface area contributed by atoms with Gasteiger partial charge in [0, 0.05) is 41.7 Å². The Labute approximate surface area is 166 Å². The van der Waals surface area contributed by atoms with Crippen LogP contribution in [0.15, 0.2) is 18.2 Å². The van der Waals surface area contributed by atoms with Crippen molar-refractivity contribution in [3.8, 4) is 0 Å². The molecule has 152 valence electrons. The summed E-state index contributed by atoms with van der Waals surface area (Å²) in [7, 11) is 0. The highest BCUT2D eigenvalue weighted by Crippen LogP contribution is 2.40. The fourth-order valence-corrected chi connectivity index (χ4v) is 5.76. The van der Waals surface area contributed by atoms with Gasteiger partial charge in [0.1, 0.15) is 5.82 Å². The van der Waals surface area contributed by atoms with E-state index in [1.165, 1.54) is 18.9 Å². The number of fused-ring (bicyclic) bond motifs is 3. The number of piperidine rings is 1. The quantitative estimate of drug-likeness (QED) is 0.786. The summed E-state index contributed by atoms with van der Waals surface area (Å²) >= 11 is 0. The number of amides is 1. The second-order valence-corrected chi connectivity index (χ2v) is 8.85. The first-order chi connectivity index (χ1) is 13.5. The van der Waals surface area contributed by atoms with Crippen LogP contribution in [0, 0.1) is 18.7 Å². The molecule has 2 heterocycles. The molecule has 5 heteroatoms. The number of aromatic nitrogens is 1. The number of nitrogens with one attached hydrogen (secondary N) is 1. The lowest BCUT2D eigenvalue weighted by Crippen LogP contribution is -2.54. The summed E-state index contributed by atoms with van der Waals surface area (Å²) in [5, 5.41) is 10.4. The molecule has 2 fully saturated rings. The lowest BCUT2D eigenvalue weighted by molar-refractivity contribution is -0.142. The number of nitrogens with zero attached hydrogens (tertiary/aromatic N) is 1. The Morgan fingerprint density at radius 3 is 2.96 bits per heavy atom. The fraction of sp³-hybridized carbons (Fsp3) is 0.609. The molecule has 0 radical (unpaired) electrons. The predicted octanol–water partition coefficient (Wildman–Crippen LogP) is 4.65. The van der Waals surface area contributed by atoms with Crippen LogP contribution in [0.2, 0.25) is 0 Å². The SMILES string of the molecule is Cc1[nH]c2ccc(F)cc2c1C(C)CC(=O)N1C(CCO)CC2CCCC1C2. The standard InChI is InChI=1S/C23H31FN2O2/c1-14(23-15(2)25-21-7-6-17(24)13-20(21)23)10-22(28)26-18-5-3-4-16(11-18)12-19(26)8-9-27/h6-7,13-14,16,18-19,25,27H,3-5,8-12H2,1-2H3. The third-order valence-electron chi connectivity index (χ3n) is 6.87. The molecular weight excluding hydrogens is 355 g/mol. The Balaban J connectivity index is 1.57. The highest BCUT2D eigenvalue weighted by molar-refractivity contribution is 5.86. The Hall–Kier alpha value is -1.88. The zero-order valence-corrected chi connectivity index (χ0v) is 16.9. The average Bonchev–Trinajstić information content (AvgIpc) is 2.97. The number of aromatic amines is 1. The summed E-state index contributed by atoms with van der Waals surface area (Å²) in [5.41, 5.74) is 2.96. The topological polar surface area (TPSA) is 56.3 Å². The number of hydrogen-bond donors (Lipinski definition) is 2. The minimum absolute atomic E-state index is 0.0131. The van der Waals surface area contributed by atoms with Gasteiger partial charge < -0.3 is 15.0 Å². The van der Waals surface area contributed by atoms with Gasteiger partial charge in [0.15, 0.2) is 0 Å². The number of aliphatic hydroxyl groups is 1. The number of carbonyl (C=O) groups is 1. The molecule has 1 aromatic heterocycles. The molecule has 4 rings (SSSR count). The van der Waals surface area contributed by atoms with Crippen LogP contribution in [0.4, 0.5) is 4.39 Å². The fourth-order valence-electron chi connectivity index (χ4n) is 5.76. The first-order valence-corrected chi connectivity index (χ1v) is 10.7. The lowest BCUT2D eigenvalue weighted by Gasteiger charge is -2.48. The summed E-state index contributed by atoms with van der Waals surface area (Å²) in [6.45, 7) is 4.19. The van der Waals surface area contributed by atoms with Gasteiger partial charge in [0.05, 0.1) is 0 Å². The molecule has 2 N–H and O–H groups in total. The summed E-state index contributed by atoms with van der Waals surface area (Å²) in [5.74, 6) is 0.648. The maximum atomic E-state index is 13.8. The molecule has 1 aromatic carbocycles. The highest BCUT2D eigenvalue weighted by Gasteiger charge is 2.40. The average molecular weight is 387 g/mol. The zero-order valence-electron chi connectivity index (χ0n) is 16.9. The van der Waals surface area contributed by atoms with Gasteiger partial charge in [0.2, 0.25) is 5.91 Å². The van der Waals surface area contributed by atoms with E-state index < -0.39 is 0 Å². The summed E-state index contributed by atoms with van der Waals surface area (Å²) in [6, 6.07) is 5.28. The van der Waals surface area contributed by atoms with Crippen LogP contribution in [0.25, 0.3) is 10.9 Å². The smallest absolute Gasteiger partial charge is 0.223 e. The van der Waals surface area contributed by atoms with E-state index in [-0.39, 0.29) is 30.3 Å². The summed E-state index contributed by atoms with van der Waals surface area (Å²) in [4.78, 5) is 18.8. The Morgan fingerprint density at radius 1 is 1.36 bits per heavy atom. The van der Waals surface area contributed by atoms with Crippen molar-refractivity contribution in [2.45, 2.75) is 76.8 Å². The molecule has 2 bridgehead atoms. The Bertz CT molecular complexity index is 862. The minimum atomic E-state index is -0.251. The van der Waals surface area contributed by atoms with Crippen LogP contribution in [0.5, 0.6) is 0 Å². The van der Waals surface area contributed by atoms with Crippen molar-refractivity contribution in [1.82, 2.24) is 9.88 Å². The van der Waals surface area contributed by atoms with Gasteiger partial charge in [0.25, 0.3) is 0 Å². The number of aliphatic hydroxyl groups excluding tert-OH is 1. The largest absolute Gasteiger partial charge is 0.396 e. The van der Waals surface area contributed by atoms with E-state index in [2.05, 4.69) is 16.8 Å². The first kappa shape index (κ1) is 19.4. The number of H-pyrrole nitrogens is 1. The van der Waals surface area contributed by atoms with E-state index >= 15 is 0 Å². The van der Waals surface area contributed by atoms with Gasteiger partial charge >= 0.3 is 0 Å². The van der Waals surface area contributed by atoms with E-state index in [1.54, 1.807) is 12.1 Å². The normalized spacial score (nSPS) is 25.9. The van der Waals surface area contributed by atoms with E-state index in [9.17, 15) is 14.3 Å². The highest BCUT2D eigenvalue weighted by atomic mass is 19.1. The number of carbonyl (C=O) groups excluding carboxylic acids is 1. The van der Waals surface area contributed by atoms with Crippen molar-refractivity contribution in [2.75, 3.05) is 6.61 Å². The molecular formula is C23H31FN2O2. The van der Waals surface area contributed by atoms with Crippen LogP contribution in [-0.4, -0.2) is 39.6 Å². The molecule has 0 spiro atoms. The van der Waals surface area contributed by atoms with E-state index in [1.807, 2.05) is 6.92 Å². The number of rotatable bonds is 5. The molecule has 1 aliphatic carbocycles.